The van der Waals surface area contributed by atoms with Crippen molar-refractivity contribution in [3.8, 4) is 6.07 Å². The number of rotatable bonds is 4. The van der Waals surface area contributed by atoms with Gasteiger partial charge in [-0.2, -0.15) is 5.26 Å². The van der Waals surface area contributed by atoms with Crippen molar-refractivity contribution in [2.24, 2.45) is 0 Å². The summed E-state index contributed by atoms with van der Waals surface area (Å²) >= 11 is 0. The van der Waals surface area contributed by atoms with E-state index in [0.717, 1.165) is 18.8 Å². The molecule has 156 valence electrons. The number of nitriles is 1. The average Bonchev–Trinajstić information content (AvgIpc) is 2.78. The number of carbonyl (C=O) groups is 1. The van der Waals surface area contributed by atoms with Gasteiger partial charge in [0.15, 0.2) is 0 Å². The van der Waals surface area contributed by atoms with E-state index in [0.29, 0.717) is 29.3 Å². The Hall–Kier alpha value is -4.19. The second kappa shape index (κ2) is 8.28. The number of fused-ring (bicyclic) bond motifs is 1. The fraction of sp³-hybridized carbons (Fsp3) is 0.227. The number of carbonyl (C=O) groups excluding carboxylic acids is 1. The van der Waals surface area contributed by atoms with E-state index >= 15 is 0 Å². The first-order valence-electron chi connectivity index (χ1n) is 9.82. The van der Waals surface area contributed by atoms with Crippen LogP contribution in [-0.4, -0.2) is 34.9 Å². The first-order valence-corrected chi connectivity index (χ1v) is 9.82. The fourth-order valence-electron chi connectivity index (χ4n) is 3.84. The summed E-state index contributed by atoms with van der Waals surface area (Å²) in [6, 6.07) is 14.6. The molecule has 0 unspecified atom stereocenters. The van der Waals surface area contributed by atoms with Gasteiger partial charge < -0.3 is 15.2 Å². The van der Waals surface area contributed by atoms with E-state index in [-0.39, 0.29) is 17.3 Å². The highest BCUT2D eigenvalue weighted by Gasteiger charge is 2.23. The Morgan fingerprint density at radius 3 is 2.52 bits per heavy atom. The molecule has 0 saturated carbocycles. The second-order valence-corrected chi connectivity index (χ2v) is 7.43. The van der Waals surface area contributed by atoms with Gasteiger partial charge in [-0.25, -0.2) is 0 Å². The van der Waals surface area contributed by atoms with E-state index in [1.807, 2.05) is 12.1 Å². The number of non-ortho nitro benzene ring substituents is 1. The Kier molecular flexibility index (Phi) is 5.37. The van der Waals surface area contributed by atoms with Crippen LogP contribution in [0.15, 0.2) is 53.3 Å². The molecule has 1 saturated heterocycles. The topological polar surface area (TPSA) is 132 Å². The van der Waals surface area contributed by atoms with Crippen LogP contribution in [0.2, 0.25) is 0 Å². The number of nitrogens with zero attached hydrogens (tertiary/aromatic N) is 3. The van der Waals surface area contributed by atoms with E-state index in [1.54, 1.807) is 12.1 Å². The molecule has 0 aliphatic carbocycles. The van der Waals surface area contributed by atoms with E-state index < -0.39 is 16.4 Å². The van der Waals surface area contributed by atoms with Crippen molar-refractivity contribution in [3.63, 3.8) is 0 Å². The van der Waals surface area contributed by atoms with Gasteiger partial charge >= 0.3 is 0 Å². The lowest BCUT2D eigenvalue weighted by atomic mass is 10.0. The molecule has 0 atom stereocenters. The molecular formula is C22H19N5O4. The lowest BCUT2D eigenvalue weighted by Gasteiger charge is -2.34. The third kappa shape index (κ3) is 4.23. The minimum atomic E-state index is -0.537. The Bertz CT molecular complexity index is 1250. The number of anilines is 1. The van der Waals surface area contributed by atoms with Crippen LogP contribution in [-0.2, 0) is 0 Å². The number of pyridine rings is 1. The van der Waals surface area contributed by atoms with Crippen LogP contribution in [0.25, 0.3) is 10.9 Å². The summed E-state index contributed by atoms with van der Waals surface area (Å²) in [6.45, 7) is 1.47. The first kappa shape index (κ1) is 20.1. The van der Waals surface area contributed by atoms with Gasteiger partial charge in [0.2, 0.25) is 5.56 Å². The third-order valence-electron chi connectivity index (χ3n) is 5.47. The van der Waals surface area contributed by atoms with Crippen LogP contribution in [0.5, 0.6) is 0 Å². The molecule has 1 aliphatic heterocycles. The summed E-state index contributed by atoms with van der Waals surface area (Å²) < 4.78 is 0. The molecule has 2 aromatic carbocycles. The van der Waals surface area contributed by atoms with Crippen LogP contribution >= 0.6 is 0 Å². The van der Waals surface area contributed by atoms with Gasteiger partial charge in [0.25, 0.3) is 11.6 Å². The zero-order valence-electron chi connectivity index (χ0n) is 16.5. The maximum atomic E-state index is 12.9. The molecule has 2 N–H and O–H groups in total. The van der Waals surface area contributed by atoms with Crippen molar-refractivity contribution >= 4 is 28.2 Å². The predicted octanol–water partition coefficient (Wildman–Crippen LogP) is 2.71. The molecular weight excluding hydrogens is 398 g/mol. The smallest absolute Gasteiger partial charge is 0.270 e. The number of aromatic nitrogens is 1. The normalized spacial score (nSPS) is 14.2. The largest absolute Gasteiger partial charge is 0.371 e. The first-order chi connectivity index (χ1) is 14.9. The lowest BCUT2D eigenvalue weighted by molar-refractivity contribution is -0.384. The van der Waals surface area contributed by atoms with Crippen LogP contribution in [0.4, 0.5) is 11.4 Å². The molecule has 9 heteroatoms. The summed E-state index contributed by atoms with van der Waals surface area (Å²) in [5.74, 6) is -0.423. The van der Waals surface area contributed by atoms with E-state index in [9.17, 15) is 19.7 Å². The monoisotopic (exact) mass is 417 g/mol. The molecule has 1 aliphatic rings. The number of H-pyrrole nitrogens is 1. The molecule has 31 heavy (non-hydrogen) atoms. The number of aromatic amines is 1. The van der Waals surface area contributed by atoms with E-state index in [4.69, 9.17) is 5.26 Å². The number of nitro benzene ring substituents is 1. The second-order valence-electron chi connectivity index (χ2n) is 7.43. The maximum Gasteiger partial charge on any atom is 0.270 e. The highest BCUT2D eigenvalue weighted by atomic mass is 16.6. The van der Waals surface area contributed by atoms with Crippen molar-refractivity contribution in [1.82, 2.24) is 10.3 Å². The lowest BCUT2D eigenvalue weighted by Crippen LogP contribution is -2.44. The molecule has 0 bridgehead atoms. The highest BCUT2D eigenvalue weighted by molar-refractivity contribution is 6.06. The van der Waals surface area contributed by atoms with Crippen LogP contribution in [0.3, 0.4) is 0 Å². The summed E-state index contributed by atoms with van der Waals surface area (Å²) in [4.78, 5) is 40.2. The van der Waals surface area contributed by atoms with Crippen molar-refractivity contribution in [1.29, 1.82) is 5.26 Å². The van der Waals surface area contributed by atoms with Gasteiger partial charge in [-0.3, -0.25) is 19.7 Å². The molecule has 0 radical (unpaired) electrons. The van der Waals surface area contributed by atoms with Gasteiger partial charge in [-0.05, 0) is 43.2 Å². The van der Waals surface area contributed by atoms with E-state index in [2.05, 4.69) is 21.3 Å². The molecule has 9 nitrogen and oxygen atoms in total. The summed E-state index contributed by atoms with van der Waals surface area (Å²) in [5.41, 5.74) is 1.54. The Balaban J connectivity index is 1.48. The fourth-order valence-corrected chi connectivity index (χ4v) is 3.84. The number of nitro groups is 1. The quantitative estimate of drug-likeness (QED) is 0.495. The number of nitrogens with one attached hydrogen (secondary N) is 2. The molecule has 1 amide bonds. The SMILES string of the molecule is N#Cc1ccc(N2CCC(NC(=O)c3cc(=O)[nH]c4ccc([N+](=O)[O-])cc34)CC2)cc1. The van der Waals surface area contributed by atoms with Gasteiger partial charge in [-0.15, -0.1) is 0 Å². The summed E-state index contributed by atoms with van der Waals surface area (Å²) in [6.07, 6.45) is 1.43. The molecule has 0 spiro atoms. The molecule has 1 fully saturated rings. The van der Waals surface area contributed by atoms with Gasteiger partial charge in [0.05, 0.1) is 22.1 Å². The zero-order chi connectivity index (χ0) is 22.0. The highest BCUT2D eigenvalue weighted by Crippen LogP contribution is 2.23. The van der Waals surface area contributed by atoms with Crippen molar-refractivity contribution in [3.05, 3.63) is 80.1 Å². The Labute approximate surface area is 177 Å². The minimum Gasteiger partial charge on any atom is -0.371 e. The van der Waals surface area contributed by atoms with E-state index in [1.165, 1.54) is 24.3 Å². The molecule has 2 heterocycles. The standard InChI is InChI=1S/C22H19N5O4/c23-13-14-1-3-16(4-2-14)26-9-7-15(8-10-26)24-22(29)19-12-21(28)25-20-6-5-17(27(30)31)11-18(19)20/h1-6,11-12,15H,7-10H2,(H,24,29)(H,25,28). The molecule has 3 aromatic rings. The third-order valence-corrected chi connectivity index (χ3v) is 5.47. The average molecular weight is 417 g/mol. The van der Waals surface area contributed by atoms with Crippen molar-refractivity contribution in [2.75, 3.05) is 18.0 Å². The van der Waals surface area contributed by atoms with Crippen molar-refractivity contribution < 1.29 is 9.72 Å². The summed E-state index contributed by atoms with van der Waals surface area (Å²) in [5, 5.41) is 23.3. The van der Waals surface area contributed by atoms with Crippen LogP contribution in [0, 0.1) is 21.4 Å². The number of piperidine rings is 1. The van der Waals surface area contributed by atoms with Crippen LogP contribution in [0.1, 0.15) is 28.8 Å². The Morgan fingerprint density at radius 2 is 1.87 bits per heavy atom. The van der Waals surface area contributed by atoms with Gasteiger partial charge in [0, 0.05) is 53.9 Å². The maximum absolute atomic E-state index is 12.9. The number of benzene rings is 2. The molecule has 1 aromatic heterocycles. The van der Waals surface area contributed by atoms with Crippen molar-refractivity contribution in [2.45, 2.75) is 18.9 Å². The minimum absolute atomic E-state index is 0.0739. The number of hydrogen-bond acceptors (Lipinski definition) is 6. The zero-order valence-corrected chi connectivity index (χ0v) is 16.5. The Morgan fingerprint density at radius 1 is 1.16 bits per heavy atom. The van der Waals surface area contributed by atoms with Gasteiger partial charge in [0.1, 0.15) is 0 Å². The number of hydrogen-bond donors (Lipinski definition) is 2. The van der Waals surface area contributed by atoms with Gasteiger partial charge in [-0.1, -0.05) is 0 Å². The molecule has 4 rings (SSSR count). The van der Waals surface area contributed by atoms with Crippen LogP contribution < -0.4 is 15.8 Å². The predicted molar refractivity (Wildman–Crippen MR) is 115 cm³/mol. The number of amides is 1. The summed E-state index contributed by atoms with van der Waals surface area (Å²) in [7, 11) is 0.